The smallest absolute Gasteiger partial charge is 0.314 e. The van der Waals surface area contributed by atoms with E-state index in [0.717, 1.165) is 30.0 Å². The van der Waals surface area contributed by atoms with E-state index in [4.69, 9.17) is 11.6 Å². The van der Waals surface area contributed by atoms with Gasteiger partial charge in [-0.2, -0.15) is 13.2 Å². The van der Waals surface area contributed by atoms with E-state index in [9.17, 15) is 22.8 Å². The van der Waals surface area contributed by atoms with E-state index >= 15 is 0 Å². The Kier molecular flexibility index (Phi) is 5.92. The Morgan fingerprint density at radius 3 is 2.23 bits per heavy atom. The van der Waals surface area contributed by atoms with Crippen molar-refractivity contribution in [3.05, 3.63) is 59.1 Å². The van der Waals surface area contributed by atoms with E-state index in [1.165, 1.54) is 11.9 Å². The summed E-state index contributed by atoms with van der Waals surface area (Å²) in [5.41, 5.74) is -0.521. The normalized spacial score (nSPS) is 11.2. The molecule has 2 aromatic carbocycles. The highest BCUT2D eigenvalue weighted by Crippen LogP contribution is 2.35. The van der Waals surface area contributed by atoms with Crippen molar-refractivity contribution < 1.29 is 22.8 Å². The molecule has 2 amide bonds. The molecule has 0 saturated heterocycles. The van der Waals surface area contributed by atoms with Crippen LogP contribution in [0.3, 0.4) is 0 Å². The number of halogens is 4. The molecule has 0 aliphatic heterocycles. The van der Waals surface area contributed by atoms with Crippen LogP contribution in [-0.2, 0) is 15.8 Å². The maximum atomic E-state index is 13.0. The Balaban J connectivity index is 2.32. The van der Waals surface area contributed by atoms with Crippen LogP contribution in [-0.4, -0.2) is 25.4 Å². The van der Waals surface area contributed by atoms with Gasteiger partial charge >= 0.3 is 6.18 Å². The van der Waals surface area contributed by atoms with Crippen molar-refractivity contribution >= 4 is 34.8 Å². The first-order chi connectivity index (χ1) is 12.1. The Morgan fingerprint density at radius 2 is 1.69 bits per heavy atom. The zero-order valence-corrected chi connectivity index (χ0v) is 14.8. The van der Waals surface area contributed by atoms with Crippen LogP contribution >= 0.6 is 11.6 Å². The third-order valence-electron chi connectivity index (χ3n) is 3.76. The highest BCUT2D eigenvalue weighted by molar-refractivity contribution is 6.34. The van der Waals surface area contributed by atoms with Crippen molar-refractivity contribution in [3.8, 4) is 0 Å². The topological polar surface area (TPSA) is 40.6 Å². The predicted octanol–water partition coefficient (Wildman–Crippen LogP) is 4.37. The molecule has 0 aromatic heterocycles. The lowest BCUT2D eigenvalue weighted by Crippen LogP contribution is -2.41. The van der Waals surface area contributed by atoms with Gasteiger partial charge in [0.05, 0.1) is 16.3 Å². The number of nitrogens with zero attached hydrogens (tertiary/aromatic N) is 2. The molecule has 0 spiro atoms. The van der Waals surface area contributed by atoms with Gasteiger partial charge in [-0.05, 0) is 30.3 Å². The van der Waals surface area contributed by atoms with E-state index < -0.39 is 30.1 Å². The predicted molar refractivity (Wildman–Crippen MR) is 94.3 cm³/mol. The van der Waals surface area contributed by atoms with Crippen molar-refractivity contribution in [1.29, 1.82) is 0 Å². The summed E-state index contributed by atoms with van der Waals surface area (Å²) in [7, 11) is 1.52. The Morgan fingerprint density at radius 1 is 1.08 bits per heavy atom. The number of carbonyl (C=O) groups excluding carboxylic acids is 2. The van der Waals surface area contributed by atoms with Gasteiger partial charge in [0.2, 0.25) is 11.8 Å². The number of benzene rings is 2. The maximum Gasteiger partial charge on any atom is 0.416 e. The van der Waals surface area contributed by atoms with Crippen LogP contribution in [0.2, 0.25) is 5.02 Å². The second-order valence-corrected chi connectivity index (χ2v) is 5.96. The van der Waals surface area contributed by atoms with Gasteiger partial charge in [-0.15, -0.1) is 0 Å². The summed E-state index contributed by atoms with van der Waals surface area (Å²) < 4.78 is 38.9. The van der Waals surface area contributed by atoms with Crippen LogP contribution in [0.25, 0.3) is 0 Å². The summed E-state index contributed by atoms with van der Waals surface area (Å²) in [6.45, 7) is 0.716. The van der Waals surface area contributed by atoms with E-state index in [1.54, 1.807) is 30.3 Å². The summed E-state index contributed by atoms with van der Waals surface area (Å²) in [6, 6.07) is 11.3. The number of hydrogen-bond donors (Lipinski definition) is 0. The summed E-state index contributed by atoms with van der Waals surface area (Å²) in [5.74, 6) is -1.07. The van der Waals surface area contributed by atoms with Crippen LogP contribution in [0.4, 0.5) is 24.5 Å². The second-order valence-electron chi connectivity index (χ2n) is 5.56. The average molecular weight is 385 g/mol. The van der Waals surface area contributed by atoms with Gasteiger partial charge in [0.15, 0.2) is 0 Å². The molecule has 4 nitrogen and oxygen atoms in total. The summed E-state index contributed by atoms with van der Waals surface area (Å²) >= 11 is 5.98. The van der Waals surface area contributed by atoms with Gasteiger partial charge in [-0.3, -0.25) is 9.59 Å². The van der Waals surface area contributed by atoms with Gasteiger partial charge in [-0.25, -0.2) is 0 Å². The van der Waals surface area contributed by atoms with Crippen LogP contribution in [0.5, 0.6) is 0 Å². The van der Waals surface area contributed by atoms with Crippen LogP contribution < -0.4 is 9.80 Å². The van der Waals surface area contributed by atoms with Crippen molar-refractivity contribution in [2.45, 2.75) is 13.1 Å². The molecule has 0 saturated carbocycles. The summed E-state index contributed by atoms with van der Waals surface area (Å²) in [4.78, 5) is 26.7. The largest absolute Gasteiger partial charge is 0.416 e. The molecule has 8 heteroatoms. The van der Waals surface area contributed by atoms with E-state index in [2.05, 4.69) is 0 Å². The minimum absolute atomic E-state index is 0.0524. The highest BCUT2D eigenvalue weighted by Gasteiger charge is 2.32. The molecule has 0 N–H and O–H groups in total. The first-order valence-corrected chi connectivity index (χ1v) is 7.95. The third-order valence-corrected chi connectivity index (χ3v) is 4.07. The molecule has 0 unspecified atom stereocenters. The standard InChI is InChI=1S/C18H16ClF3N2O2/c1-12(25)24(11-17(26)23(2)14-6-4-3-5-7-14)16-10-13(18(20,21)22)8-9-15(16)19/h3-10H,11H2,1-2H3. The minimum atomic E-state index is -4.59. The van der Waals surface area contributed by atoms with Crippen LogP contribution in [0, 0.1) is 0 Å². The first kappa shape index (κ1) is 19.8. The molecule has 138 valence electrons. The fourth-order valence-electron chi connectivity index (χ4n) is 2.30. The van der Waals surface area contributed by atoms with Crippen molar-refractivity contribution in [3.63, 3.8) is 0 Å². The maximum absolute atomic E-state index is 13.0. The van der Waals surface area contributed by atoms with Crippen molar-refractivity contribution in [2.75, 3.05) is 23.4 Å². The quantitative estimate of drug-likeness (QED) is 0.785. The van der Waals surface area contributed by atoms with Gasteiger partial charge in [0.1, 0.15) is 6.54 Å². The van der Waals surface area contributed by atoms with Crippen LogP contribution in [0.15, 0.2) is 48.5 Å². The van der Waals surface area contributed by atoms with E-state index in [1.807, 2.05) is 0 Å². The average Bonchev–Trinajstić information content (AvgIpc) is 2.59. The monoisotopic (exact) mass is 384 g/mol. The lowest BCUT2D eigenvalue weighted by molar-refractivity contribution is -0.137. The van der Waals surface area contributed by atoms with Gasteiger partial charge in [-0.1, -0.05) is 29.8 Å². The number of anilines is 2. The molecule has 26 heavy (non-hydrogen) atoms. The summed E-state index contributed by atoms with van der Waals surface area (Å²) in [5, 5.41) is -0.0524. The molecule has 2 rings (SSSR count). The second kappa shape index (κ2) is 7.78. The fourth-order valence-corrected chi connectivity index (χ4v) is 2.52. The molecule has 0 aliphatic rings. The third kappa shape index (κ3) is 4.54. The van der Waals surface area contributed by atoms with Gasteiger partial charge < -0.3 is 9.80 Å². The molecule has 0 heterocycles. The van der Waals surface area contributed by atoms with E-state index in [-0.39, 0.29) is 10.7 Å². The molecule has 0 fully saturated rings. The molecular weight excluding hydrogens is 369 g/mol. The van der Waals surface area contributed by atoms with Gasteiger partial charge in [0.25, 0.3) is 0 Å². The SMILES string of the molecule is CC(=O)N(CC(=O)N(C)c1ccccc1)c1cc(C(F)(F)F)ccc1Cl. The Bertz CT molecular complexity index is 810. The number of likely N-dealkylation sites (N-methyl/N-ethyl adjacent to an activating group) is 1. The zero-order valence-electron chi connectivity index (χ0n) is 14.0. The number of amides is 2. The number of hydrogen-bond acceptors (Lipinski definition) is 2. The fraction of sp³-hybridized carbons (Fsp3) is 0.222. The lowest BCUT2D eigenvalue weighted by Gasteiger charge is -2.26. The molecule has 0 radical (unpaired) electrons. The van der Waals surface area contributed by atoms with Gasteiger partial charge in [0, 0.05) is 19.7 Å². The highest BCUT2D eigenvalue weighted by atomic mass is 35.5. The zero-order chi connectivity index (χ0) is 19.5. The number of carbonyl (C=O) groups is 2. The molecule has 0 aliphatic carbocycles. The molecule has 2 aromatic rings. The number of alkyl halides is 3. The number of rotatable bonds is 4. The van der Waals surface area contributed by atoms with Crippen LogP contribution in [0.1, 0.15) is 12.5 Å². The number of para-hydroxylation sites is 1. The van der Waals surface area contributed by atoms with Crippen molar-refractivity contribution in [2.24, 2.45) is 0 Å². The molecule has 0 atom stereocenters. The van der Waals surface area contributed by atoms with Crippen molar-refractivity contribution in [1.82, 2.24) is 0 Å². The molecular formula is C18H16ClF3N2O2. The van der Waals surface area contributed by atoms with E-state index in [0.29, 0.717) is 5.69 Å². The Labute approximate surface area is 153 Å². The Hall–Kier alpha value is -2.54. The minimum Gasteiger partial charge on any atom is -0.314 e. The summed E-state index contributed by atoms with van der Waals surface area (Å²) in [6.07, 6.45) is -4.59. The molecule has 0 bridgehead atoms. The first-order valence-electron chi connectivity index (χ1n) is 7.57. The lowest BCUT2D eigenvalue weighted by atomic mass is 10.1.